The Balaban J connectivity index is 1.62. The molecule has 172 valence electrons. The standard InChI is InChI=1S/C24H24FN3O4S/c1-14-11-20(29)26-17-8-4-5-9-18(17)28(14)21(30)12-27(2)24(31)23-15(13-32-3)22-16(25)7-6-10-19(22)33-23/h4-10,14H,11-13H2,1-3H3,(H,26,29)/t14-/m0/s1. The normalized spacial score (nSPS) is 15.7. The minimum Gasteiger partial charge on any atom is -0.380 e. The Hall–Kier alpha value is -3.30. The summed E-state index contributed by atoms with van der Waals surface area (Å²) in [5, 5.41) is 3.19. The van der Waals surface area contributed by atoms with Gasteiger partial charge in [-0.05, 0) is 31.2 Å². The van der Waals surface area contributed by atoms with Gasteiger partial charge >= 0.3 is 0 Å². The molecule has 3 amide bonds. The van der Waals surface area contributed by atoms with Gasteiger partial charge in [-0.3, -0.25) is 14.4 Å². The van der Waals surface area contributed by atoms with E-state index in [1.807, 2.05) is 0 Å². The van der Waals surface area contributed by atoms with E-state index in [1.165, 1.54) is 36.5 Å². The van der Waals surface area contributed by atoms with Gasteiger partial charge in [-0.25, -0.2) is 4.39 Å². The first-order chi connectivity index (χ1) is 15.8. The van der Waals surface area contributed by atoms with Crippen LogP contribution in [0.3, 0.4) is 0 Å². The quantitative estimate of drug-likeness (QED) is 0.612. The highest BCUT2D eigenvalue weighted by Gasteiger charge is 2.31. The van der Waals surface area contributed by atoms with Crippen molar-refractivity contribution in [1.82, 2.24) is 4.90 Å². The molecule has 0 fully saturated rings. The number of anilines is 2. The summed E-state index contributed by atoms with van der Waals surface area (Å²) >= 11 is 1.18. The van der Waals surface area contributed by atoms with E-state index in [-0.39, 0.29) is 43.3 Å². The molecule has 4 rings (SSSR count). The number of fused-ring (bicyclic) bond motifs is 2. The molecule has 0 unspecified atom stereocenters. The maximum absolute atomic E-state index is 14.5. The van der Waals surface area contributed by atoms with Crippen LogP contribution in [0.4, 0.5) is 15.8 Å². The Labute approximate surface area is 194 Å². The number of likely N-dealkylation sites (N-methyl/N-ethyl adjacent to an activating group) is 1. The molecule has 0 saturated carbocycles. The molecule has 2 heterocycles. The average Bonchev–Trinajstić information content (AvgIpc) is 3.07. The predicted octanol–water partition coefficient (Wildman–Crippen LogP) is 4.02. The number of nitrogens with one attached hydrogen (secondary N) is 1. The van der Waals surface area contributed by atoms with Gasteiger partial charge in [-0.2, -0.15) is 0 Å². The fourth-order valence-corrected chi connectivity index (χ4v) is 5.33. The second-order valence-electron chi connectivity index (χ2n) is 8.00. The number of carbonyl (C=O) groups is 3. The fraction of sp³-hybridized carbons (Fsp3) is 0.292. The monoisotopic (exact) mass is 469 g/mol. The highest BCUT2D eigenvalue weighted by Crippen LogP contribution is 2.35. The Bertz CT molecular complexity index is 1240. The summed E-state index contributed by atoms with van der Waals surface area (Å²) in [5.74, 6) is -1.30. The minimum absolute atomic E-state index is 0.0775. The number of nitrogens with zero attached hydrogens (tertiary/aromatic N) is 2. The minimum atomic E-state index is -0.416. The number of para-hydroxylation sites is 2. The lowest BCUT2D eigenvalue weighted by Gasteiger charge is -2.29. The first-order valence-electron chi connectivity index (χ1n) is 10.5. The van der Waals surface area contributed by atoms with Crippen LogP contribution in [0.1, 0.15) is 28.6 Å². The van der Waals surface area contributed by atoms with Gasteiger partial charge in [0.25, 0.3) is 5.91 Å². The number of carbonyl (C=O) groups excluding carboxylic acids is 3. The molecule has 0 aliphatic carbocycles. The summed E-state index contributed by atoms with van der Waals surface area (Å²) in [6.07, 6.45) is 0.145. The molecule has 9 heteroatoms. The number of thiophene rings is 1. The summed E-state index contributed by atoms with van der Waals surface area (Å²) in [7, 11) is 3.02. The molecule has 33 heavy (non-hydrogen) atoms. The van der Waals surface area contributed by atoms with Gasteiger partial charge in [0.2, 0.25) is 11.8 Å². The zero-order valence-corrected chi connectivity index (χ0v) is 19.4. The maximum Gasteiger partial charge on any atom is 0.264 e. The number of hydrogen-bond donors (Lipinski definition) is 1. The SMILES string of the molecule is COCc1c(C(=O)N(C)CC(=O)N2c3ccccc3NC(=O)C[C@@H]2C)sc2cccc(F)c12. The summed E-state index contributed by atoms with van der Waals surface area (Å²) in [6, 6.07) is 11.4. The summed E-state index contributed by atoms with van der Waals surface area (Å²) in [5.41, 5.74) is 1.62. The van der Waals surface area contributed by atoms with E-state index in [0.717, 1.165) is 0 Å². The van der Waals surface area contributed by atoms with Crippen LogP contribution in [-0.2, 0) is 20.9 Å². The molecule has 1 atom stereocenters. The number of benzene rings is 2. The molecule has 2 aromatic carbocycles. The van der Waals surface area contributed by atoms with E-state index in [2.05, 4.69) is 5.32 Å². The topological polar surface area (TPSA) is 79.0 Å². The van der Waals surface area contributed by atoms with Crippen molar-refractivity contribution in [3.63, 3.8) is 0 Å². The Morgan fingerprint density at radius 3 is 2.76 bits per heavy atom. The zero-order chi connectivity index (χ0) is 23.7. The Kier molecular flexibility index (Phi) is 6.44. The molecular formula is C24H24FN3O4S. The van der Waals surface area contributed by atoms with E-state index in [9.17, 15) is 18.8 Å². The van der Waals surface area contributed by atoms with Crippen molar-refractivity contribution in [2.45, 2.75) is 26.0 Å². The number of amides is 3. The van der Waals surface area contributed by atoms with E-state index >= 15 is 0 Å². The summed E-state index contributed by atoms with van der Waals surface area (Å²) in [6.45, 7) is 1.68. The highest BCUT2D eigenvalue weighted by molar-refractivity contribution is 7.21. The molecule has 1 aliphatic rings. The average molecular weight is 470 g/mol. The van der Waals surface area contributed by atoms with E-state index in [4.69, 9.17) is 4.74 Å². The number of rotatable bonds is 5. The lowest BCUT2D eigenvalue weighted by molar-refractivity contribution is -0.119. The van der Waals surface area contributed by atoms with Crippen molar-refractivity contribution in [1.29, 1.82) is 0 Å². The largest absolute Gasteiger partial charge is 0.380 e. The van der Waals surface area contributed by atoms with Crippen LogP contribution in [-0.4, -0.2) is 49.4 Å². The van der Waals surface area contributed by atoms with E-state index < -0.39 is 5.82 Å². The number of methoxy groups -OCH3 is 1. The lowest BCUT2D eigenvalue weighted by Crippen LogP contribution is -2.45. The maximum atomic E-state index is 14.5. The smallest absolute Gasteiger partial charge is 0.264 e. The van der Waals surface area contributed by atoms with Gasteiger partial charge in [0.05, 0.1) is 22.9 Å². The van der Waals surface area contributed by atoms with Crippen LogP contribution in [0.5, 0.6) is 0 Å². The molecule has 0 bridgehead atoms. The van der Waals surface area contributed by atoms with Gasteiger partial charge in [0.1, 0.15) is 12.4 Å². The van der Waals surface area contributed by atoms with Gasteiger partial charge in [0.15, 0.2) is 0 Å². The predicted molar refractivity (Wildman–Crippen MR) is 126 cm³/mol. The molecule has 0 saturated heterocycles. The van der Waals surface area contributed by atoms with Crippen LogP contribution in [0.25, 0.3) is 10.1 Å². The molecule has 0 spiro atoms. The zero-order valence-electron chi connectivity index (χ0n) is 18.6. The lowest BCUT2D eigenvalue weighted by atomic mass is 10.1. The third-order valence-electron chi connectivity index (χ3n) is 5.59. The van der Waals surface area contributed by atoms with Crippen molar-refractivity contribution in [3.8, 4) is 0 Å². The van der Waals surface area contributed by atoms with Crippen molar-refractivity contribution in [2.24, 2.45) is 0 Å². The fourth-order valence-electron chi connectivity index (χ4n) is 4.11. The second-order valence-corrected chi connectivity index (χ2v) is 9.05. The third-order valence-corrected chi connectivity index (χ3v) is 6.78. The van der Waals surface area contributed by atoms with Crippen molar-refractivity contribution < 1.29 is 23.5 Å². The molecule has 0 radical (unpaired) electrons. The van der Waals surface area contributed by atoms with Crippen molar-refractivity contribution in [2.75, 3.05) is 30.9 Å². The summed E-state index contributed by atoms with van der Waals surface area (Å²) in [4.78, 5) is 42.0. The van der Waals surface area contributed by atoms with Crippen LogP contribution in [0.2, 0.25) is 0 Å². The highest BCUT2D eigenvalue weighted by atomic mass is 32.1. The van der Waals surface area contributed by atoms with Gasteiger partial charge in [0, 0.05) is 42.3 Å². The Morgan fingerprint density at radius 2 is 2.00 bits per heavy atom. The summed E-state index contributed by atoms with van der Waals surface area (Å²) < 4.78 is 20.4. The van der Waals surface area contributed by atoms with E-state index in [1.54, 1.807) is 48.2 Å². The Morgan fingerprint density at radius 1 is 1.24 bits per heavy atom. The van der Waals surface area contributed by atoms with Crippen LogP contribution in [0.15, 0.2) is 42.5 Å². The van der Waals surface area contributed by atoms with Crippen molar-refractivity contribution in [3.05, 3.63) is 58.7 Å². The number of ether oxygens (including phenoxy) is 1. The molecule has 7 nitrogen and oxygen atoms in total. The van der Waals surface area contributed by atoms with Crippen LogP contribution >= 0.6 is 11.3 Å². The third kappa shape index (κ3) is 4.34. The van der Waals surface area contributed by atoms with Gasteiger partial charge in [-0.15, -0.1) is 11.3 Å². The second kappa shape index (κ2) is 9.29. The number of halogens is 1. The van der Waals surface area contributed by atoms with Gasteiger partial charge in [-0.1, -0.05) is 18.2 Å². The molecule has 1 aliphatic heterocycles. The first kappa shape index (κ1) is 22.9. The first-order valence-corrected chi connectivity index (χ1v) is 11.3. The van der Waals surface area contributed by atoms with E-state index in [0.29, 0.717) is 31.9 Å². The molecular weight excluding hydrogens is 445 g/mol. The van der Waals surface area contributed by atoms with Crippen LogP contribution in [0, 0.1) is 5.82 Å². The number of hydrogen-bond acceptors (Lipinski definition) is 5. The van der Waals surface area contributed by atoms with Crippen molar-refractivity contribution >= 4 is 50.5 Å². The molecule has 1 aromatic heterocycles. The van der Waals surface area contributed by atoms with Gasteiger partial charge < -0.3 is 19.9 Å². The van der Waals surface area contributed by atoms with Crippen LogP contribution < -0.4 is 10.2 Å². The molecule has 1 N–H and O–H groups in total. The molecule has 3 aromatic rings.